The Hall–Kier alpha value is -1.02. The number of benzene rings is 1. The molecule has 0 saturated carbocycles. The highest BCUT2D eigenvalue weighted by Crippen LogP contribution is 2.23. The first-order valence-corrected chi connectivity index (χ1v) is 7.74. The summed E-state index contributed by atoms with van der Waals surface area (Å²) in [6.07, 6.45) is 2.32. The van der Waals surface area contributed by atoms with Gasteiger partial charge >= 0.3 is 0 Å². The maximum absolute atomic E-state index is 3.70. The Balaban J connectivity index is 2.16. The van der Waals surface area contributed by atoms with E-state index >= 15 is 0 Å². The largest absolute Gasteiger partial charge is 0.366 e. The third-order valence-corrected chi connectivity index (χ3v) is 4.40. The van der Waals surface area contributed by atoms with Crippen LogP contribution in [0.5, 0.6) is 0 Å². The van der Waals surface area contributed by atoms with Gasteiger partial charge in [-0.25, -0.2) is 0 Å². The van der Waals surface area contributed by atoms with Gasteiger partial charge in [-0.3, -0.25) is 0 Å². The van der Waals surface area contributed by atoms with Gasteiger partial charge in [-0.05, 0) is 36.5 Å². The van der Waals surface area contributed by atoms with Gasteiger partial charge in [-0.1, -0.05) is 39.8 Å². The van der Waals surface area contributed by atoms with E-state index in [1.165, 1.54) is 17.7 Å². The molecule has 1 aliphatic heterocycles. The van der Waals surface area contributed by atoms with E-state index in [1.807, 2.05) is 0 Å². The zero-order chi connectivity index (χ0) is 13.8. The van der Waals surface area contributed by atoms with E-state index in [-0.39, 0.29) is 0 Å². The molecule has 2 nitrogen and oxygen atoms in total. The molecule has 0 aliphatic carbocycles. The standard InChI is InChI=1S/C17H28N2/c1-5-14-7-9-16(10-8-14)19-12-17(13(3)4)18-11-15(19)6-2/h7-10,13,15,17-18H,5-6,11-12H2,1-4H3. The average Bonchev–Trinajstić information content (AvgIpc) is 2.46. The summed E-state index contributed by atoms with van der Waals surface area (Å²) >= 11 is 0. The number of anilines is 1. The normalized spacial score (nSPS) is 23.9. The highest BCUT2D eigenvalue weighted by molar-refractivity contribution is 5.49. The van der Waals surface area contributed by atoms with E-state index in [4.69, 9.17) is 0 Å². The lowest BCUT2D eigenvalue weighted by molar-refractivity contribution is 0.325. The molecule has 1 heterocycles. The smallest absolute Gasteiger partial charge is 0.0412 e. The van der Waals surface area contributed by atoms with Crippen LogP contribution in [0.4, 0.5) is 5.69 Å². The highest BCUT2D eigenvalue weighted by Gasteiger charge is 2.28. The molecule has 0 radical (unpaired) electrons. The number of hydrogen-bond donors (Lipinski definition) is 1. The quantitative estimate of drug-likeness (QED) is 0.892. The van der Waals surface area contributed by atoms with Gasteiger partial charge in [-0.15, -0.1) is 0 Å². The van der Waals surface area contributed by atoms with Crippen LogP contribution in [0.15, 0.2) is 24.3 Å². The number of aryl methyl sites for hydroxylation is 1. The van der Waals surface area contributed by atoms with Crippen LogP contribution >= 0.6 is 0 Å². The minimum Gasteiger partial charge on any atom is -0.366 e. The third kappa shape index (κ3) is 3.30. The van der Waals surface area contributed by atoms with Crippen molar-refractivity contribution in [2.45, 2.75) is 52.6 Å². The van der Waals surface area contributed by atoms with Crippen LogP contribution in [0.1, 0.15) is 39.7 Å². The molecule has 0 spiro atoms. The molecule has 0 bridgehead atoms. The van der Waals surface area contributed by atoms with Crippen molar-refractivity contribution in [1.29, 1.82) is 0 Å². The minimum atomic E-state index is 0.605. The molecule has 2 atom stereocenters. The number of hydrogen-bond acceptors (Lipinski definition) is 2. The van der Waals surface area contributed by atoms with Crippen LogP contribution in [0.2, 0.25) is 0 Å². The molecule has 0 aromatic heterocycles. The average molecular weight is 260 g/mol. The van der Waals surface area contributed by atoms with Crippen LogP contribution in [-0.4, -0.2) is 25.2 Å². The molecule has 2 rings (SSSR count). The fourth-order valence-corrected chi connectivity index (χ4v) is 2.87. The number of piperazine rings is 1. The lowest BCUT2D eigenvalue weighted by Crippen LogP contribution is -2.58. The molecular formula is C17H28N2. The maximum Gasteiger partial charge on any atom is 0.0412 e. The first-order chi connectivity index (χ1) is 9.15. The zero-order valence-corrected chi connectivity index (χ0v) is 12.8. The zero-order valence-electron chi connectivity index (χ0n) is 12.8. The maximum atomic E-state index is 3.70. The summed E-state index contributed by atoms with van der Waals surface area (Å²) in [5.74, 6) is 0.690. The molecule has 2 heteroatoms. The van der Waals surface area contributed by atoms with E-state index in [1.54, 1.807) is 0 Å². The molecule has 0 amide bonds. The topological polar surface area (TPSA) is 15.3 Å². The SMILES string of the molecule is CCc1ccc(N2CC(C(C)C)NCC2CC)cc1. The minimum absolute atomic E-state index is 0.605. The summed E-state index contributed by atoms with van der Waals surface area (Å²) in [7, 11) is 0. The Labute approximate surface area is 118 Å². The van der Waals surface area contributed by atoms with Crippen LogP contribution in [-0.2, 0) is 6.42 Å². The molecule has 1 aromatic rings. The molecule has 1 aliphatic rings. The van der Waals surface area contributed by atoms with Crippen LogP contribution in [0, 0.1) is 5.92 Å². The molecule has 106 valence electrons. The van der Waals surface area contributed by atoms with Gasteiger partial charge < -0.3 is 10.2 Å². The monoisotopic (exact) mass is 260 g/mol. The Bertz CT molecular complexity index is 383. The summed E-state index contributed by atoms with van der Waals surface area (Å²) in [4.78, 5) is 2.60. The van der Waals surface area contributed by atoms with Crippen LogP contribution in [0.25, 0.3) is 0 Å². The Kier molecular flexibility index (Phi) is 4.87. The fraction of sp³-hybridized carbons (Fsp3) is 0.647. The molecule has 1 saturated heterocycles. The van der Waals surface area contributed by atoms with Crippen molar-refractivity contribution in [2.24, 2.45) is 5.92 Å². The molecule has 1 N–H and O–H groups in total. The van der Waals surface area contributed by atoms with Gasteiger partial charge in [0.2, 0.25) is 0 Å². The molecule has 19 heavy (non-hydrogen) atoms. The van der Waals surface area contributed by atoms with Crippen molar-refractivity contribution in [3.63, 3.8) is 0 Å². The predicted octanol–water partition coefficient (Wildman–Crippen LogP) is 3.46. The Morgan fingerprint density at radius 1 is 1.21 bits per heavy atom. The molecule has 2 unspecified atom stereocenters. The summed E-state index contributed by atoms with van der Waals surface area (Å²) in [6, 6.07) is 10.4. The summed E-state index contributed by atoms with van der Waals surface area (Å²) in [6.45, 7) is 11.3. The number of rotatable bonds is 4. The van der Waals surface area contributed by atoms with Gasteiger partial charge in [0, 0.05) is 30.9 Å². The lowest BCUT2D eigenvalue weighted by Gasteiger charge is -2.43. The molecule has 1 aromatic carbocycles. The predicted molar refractivity (Wildman–Crippen MR) is 83.9 cm³/mol. The fourth-order valence-electron chi connectivity index (χ4n) is 2.87. The van der Waals surface area contributed by atoms with Crippen molar-refractivity contribution < 1.29 is 0 Å². The van der Waals surface area contributed by atoms with E-state index < -0.39 is 0 Å². The number of nitrogens with one attached hydrogen (secondary N) is 1. The number of nitrogens with zero attached hydrogens (tertiary/aromatic N) is 1. The van der Waals surface area contributed by atoms with Crippen LogP contribution < -0.4 is 10.2 Å². The second-order valence-electron chi connectivity index (χ2n) is 5.99. The van der Waals surface area contributed by atoms with E-state index in [0.29, 0.717) is 18.0 Å². The Morgan fingerprint density at radius 2 is 1.89 bits per heavy atom. The summed E-state index contributed by atoms with van der Waals surface area (Å²) < 4.78 is 0. The first-order valence-electron chi connectivity index (χ1n) is 7.74. The molecular weight excluding hydrogens is 232 g/mol. The van der Waals surface area contributed by atoms with E-state index in [9.17, 15) is 0 Å². The van der Waals surface area contributed by atoms with Crippen molar-refractivity contribution >= 4 is 5.69 Å². The van der Waals surface area contributed by atoms with Gasteiger partial charge in [0.1, 0.15) is 0 Å². The van der Waals surface area contributed by atoms with Gasteiger partial charge in [0.05, 0.1) is 0 Å². The van der Waals surface area contributed by atoms with Crippen molar-refractivity contribution in [3.05, 3.63) is 29.8 Å². The second kappa shape index (κ2) is 6.42. The first kappa shape index (κ1) is 14.4. The van der Waals surface area contributed by atoms with Crippen molar-refractivity contribution in [3.8, 4) is 0 Å². The second-order valence-corrected chi connectivity index (χ2v) is 5.99. The third-order valence-electron chi connectivity index (χ3n) is 4.40. The van der Waals surface area contributed by atoms with Gasteiger partial charge in [0.25, 0.3) is 0 Å². The van der Waals surface area contributed by atoms with E-state index in [0.717, 1.165) is 19.5 Å². The van der Waals surface area contributed by atoms with Gasteiger partial charge in [-0.2, -0.15) is 0 Å². The Morgan fingerprint density at radius 3 is 2.42 bits per heavy atom. The molecule has 1 fully saturated rings. The summed E-state index contributed by atoms with van der Waals surface area (Å²) in [5.41, 5.74) is 2.81. The highest BCUT2D eigenvalue weighted by atomic mass is 15.2. The van der Waals surface area contributed by atoms with Crippen molar-refractivity contribution in [2.75, 3.05) is 18.0 Å². The van der Waals surface area contributed by atoms with Gasteiger partial charge in [0.15, 0.2) is 0 Å². The lowest BCUT2D eigenvalue weighted by atomic mass is 9.97. The van der Waals surface area contributed by atoms with Crippen LogP contribution in [0.3, 0.4) is 0 Å². The summed E-state index contributed by atoms with van der Waals surface area (Å²) in [5, 5.41) is 3.70. The van der Waals surface area contributed by atoms with E-state index in [2.05, 4.69) is 62.2 Å². The van der Waals surface area contributed by atoms with Crippen molar-refractivity contribution in [1.82, 2.24) is 5.32 Å².